The Hall–Kier alpha value is -3.08. The second-order valence-electron chi connectivity index (χ2n) is 5.41. The molecular formula is C16H18N4O4. The van der Waals surface area contributed by atoms with Gasteiger partial charge in [0.25, 0.3) is 11.6 Å². The first-order valence-corrected chi connectivity index (χ1v) is 7.55. The molecule has 1 amide bonds. The number of nitro groups is 1. The minimum atomic E-state index is -0.530. The summed E-state index contributed by atoms with van der Waals surface area (Å²) in [6.07, 6.45) is 5.28. The average Bonchev–Trinajstić information content (AvgIpc) is 3.08. The first-order chi connectivity index (χ1) is 11.5. The molecule has 2 rings (SSSR count). The second-order valence-corrected chi connectivity index (χ2v) is 5.41. The Morgan fingerprint density at radius 2 is 2.17 bits per heavy atom. The van der Waals surface area contributed by atoms with Gasteiger partial charge in [-0.1, -0.05) is 12.8 Å². The monoisotopic (exact) mass is 330 g/mol. The number of methoxy groups -OCH3 is 1. The van der Waals surface area contributed by atoms with Crippen molar-refractivity contribution in [2.24, 2.45) is 0 Å². The molecule has 1 saturated carbocycles. The van der Waals surface area contributed by atoms with Gasteiger partial charge in [-0.15, -0.1) is 0 Å². The molecular weight excluding hydrogens is 312 g/mol. The van der Waals surface area contributed by atoms with Gasteiger partial charge < -0.3 is 15.4 Å². The fraction of sp³-hybridized carbons (Fsp3) is 0.375. The minimum Gasteiger partial charge on any atom is -0.494 e. The van der Waals surface area contributed by atoms with E-state index in [0.717, 1.165) is 25.7 Å². The lowest BCUT2D eigenvalue weighted by Gasteiger charge is -2.12. The third-order valence-corrected chi connectivity index (χ3v) is 3.82. The summed E-state index contributed by atoms with van der Waals surface area (Å²) in [7, 11) is 1.38. The molecule has 0 unspecified atom stereocenters. The zero-order valence-corrected chi connectivity index (χ0v) is 13.2. The fourth-order valence-corrected chi connectivity index (χ4v) is 2.54. The first kappa shape index (κ1) is 17.3. The van der Waals surface area contributed by atoms with Gasteiger partial charge in [-0.3, -0.25) is 14.9 Å². The summed E-state index contributed by atoms with van der Waals surface area (Å²) in [5.41, 5.74) is 0.243. The van der Waals surface area contributed by atoms with Gasteiger partial charge in [0.1, 0.15) is 17.4 Å². The highest BCUT2D eigenvalue weighted by atomic mass is 16.6. The molecule has 0 heterocycles. The molecule has 1 aliphatic carbocycles. The summed E-state index contributed by atoms with van der Waals surface area (Å²) < 4.78 is 5.09. The van der Waals surface area contributed by atoms with E-state index in [9.17, 15) is 14.9 Å². The maximum atomic E-state index is 12.1. The maximum absolute atomic E-state index is 12.1. The van der Waals surface area contributed by atoms with E-state index in [0.29, 0.717) is 5.69 Å². The Labute approximate surface area is 139 Å². The van der Waals surface area contributed by atoms with Crippen LogP contribution in [-0.4, -0.2) is 24.0 Å². The highest BCUT2D eigenvalue weighted by Gasteiger charge is 2.19. The number of nitrogens with zero attached hydrogens (tertiary/aromatic N) is 2. The predicted molar refractivity (Wildman–Crippen MR) is 87.4 cm³/mol. The summed E-state index contributed by atoms with van der Waals surface area (Å²) in [5, 5.41) is 25.5. The van der Waals surface area contributed by atoms with Crippen molar-refractivity contribution in [1.82, 2.24) is 5.32 Å². The van der Waals surface area contributed by atoms with E-state index in [1.54, 1.807) is 0 Å². The van der Waals surface area contributed by atoms with Crippen molar-refractivity contribution in [3.8, 4) is 11.8 Å². The molecule has 0 aliphatic heterocycles. The van der Waals surface area contributed by atoms with Crippen LogP contribution in [0.25, 0.3) is 0 Å². The van der Waals surface area contributed by atoms with Crippen molar-refractivity contribution in [3.63, 3.8) is 0 Å². The van der Waals surface area contributed by atoms with Gasteiger partial charge >= 0.3 is 0 Å². The van der Waals surface area contributed by atoms with Gasteiger partial charge in [0.2, 0.25) is 0 Å². The Morgan fingerprint density at radius 3 is 2.75 bits per heavy atom. The number of benzene rings is 1. The van der Waals surface area contributed by atoms with Gasteiger partial charge in [0.05, 0.1) is 23.8 Å². The summed E-state index contributed by atoms with van der Waals surface area (Å²) >= 11 is 0. The quantitative estimate of drug-likeness (QED) is 0.358. The van der Waals surface area contributed by atoms with Crippen LogP contribution in [0.15, 0.2) is 30.0 Å². The van der Waals surface area contributed by atoms with E-state index in [1.165, 1.54) is 31.5 Å². The van der Waals surface area contributed by atoms with E-state index in [-0.39, 0.29) is 23.1 Å². The summed E-state index contributed by atoms with van der Waals surface area (Å²) in [6.45, 7) is 0. The van der Waals surface area contributed by atoms with E-state index in [2.05, 4.69) is 10.6 Å². The van der Waals surface area contributed by atoms with E-state index < -0.39 is 10.8 Å². The SMILES string of the molecule is COc1cc([N+](=O)[O-])ccc1N/C=C(/C#N)C(=O)NC1CCCC1. The van der Waals surface area contributed by atoms with Crippen LogP contribution in [0.1, 0.15) is 25.7 Å². The Balaban J connectivity index is 2.10. The van der Waals surface area contributed by atoms with Crippen LogP contribution in [0.2, 0.25) is 0 Å². The Kier molecular flexibility index (Phi) is 5.73. The molecule has 0 spiro atoms. The van der Waals surface area contributed by atoms with Gasteiger partial charge in [-0.2, -0.15) is 5.26 Å². The molecule has 1 aromatic rings. The van der Waals surface area contributed by atoms with Crippen LogP contribution in [-0.2, 0) is 4.79 Å². The number of amides is 1. The topological polar surface area (TPSA) is 117 Å². The van der Waals surface area contributed by atoms with Gasteiger partial charge in [-0.25, -0.2) is 0 Å². The molecule has 0 saturated heterocycles. The van der Waals surface area contributed by atoms with Crippen molar-refractivity contribution in [2.75, 3.05) is 12.4 Å². The zero-order chi connectivity index (χ0) is 17.5. The lowest BCUT2D eigenvalue weighted by molar-refractivity contribution is -0.384. The van der Waals surface area contributed by atoms with Gasteiger partial charge in [-0.05, 0) is 18.9 Å². The number of hydrogen-bond acceptors (Lipinski definition) is 6. The molecule has 2 N–H and O–H groups in total. The van der Waals surface area contributed by atoms with Crippen LogP contribution < -0.4 is 15.4 Å². The molecule has 1 aliphatic rings. The van der Waals surface area contributed by atoms with Gasteiger partial charge in [0, 0.05) is 18.3 Å². The number of anilines is 1. The van der Waals surface area contributed by atoms with Crippen molar-refractivity contribution in [1.29, 1.82) is 5.26 Å². The second kappa shape index (κ2) is 7.97. The van der Waals surface area contributed by atoms with Crippen molar-refractivity contribution < 1.29 is 14.5 Å². The molecule has 0 aromatic heterocycles. The number of ether oxygens (including phenoxy) is 1. The molecule has 126 valence electrons. The van der Waals surface area contributed by atoms with Crippen LogP contribution in [0.5, 0.6) is 5.75 Å². The number of nitro benzene ring substituents is 1. The number of carbonyl (C=O) groups is 1. The maximum Gasteiger partial charge on any atom is 0.273 e. The highest BCUT2D eigenvalue weighted by Crippen LogP contribution is 2.29. The van der Waals surface area contributed by atoms with E-state index in [4.69, 9.17) is 10.00 Å². The predicted octanol–water partition coefficient (Wildman–Crippen LogP) is 2.48. The number of nitrogens with one attached hydrogen (secondary N) is 2. The Morgan fingerprint density at radius 1 is 1.46 bits per heavy atom. The highest BCUT2D eigenvalue weighted by molar-refractivity contribution is 5.97. The molecule has 1 fully saturated rings. The normalized spacial score (nSPS) is 14.8. The smallest absolute Gasteiger partial charge is 0.273 e. The first-order valence-electron chi connectivity index (χ1n) is 7.55. The number of carbonyl (C=O) groups excluding carboxylic acids is 1. The standard InChI is InChI=1S/C16H18N4O4/c1-24-15-8-13(20(22)23)6-7-14(15)18-10-11(9-17)16(21)19-12-4-2-3-5-12/h6-8,10,12,18H,2-5H2,1H3,(H,19,21)/b11-10-. The third kappa shape index (κ3) is 4.23. The number of rotatable bonds is 6. The molecule has 24 heavy (non-hydrogen) atoms. The van der Waals surface area contributed by atoms with Gasteiger partial charge in [0.15, 0.2) is 0 Å². The number of nitriles is 1. The average molecular weight is 330 g/mol. The lowest BCUT2D eigenvalue weighted by atomic mass is 10.2. The van der Waals surface area contributed by atoms with Crippen molar-refractivity contribution >= 4 is 17.3 Å². The van der Waals surface area contributed by atoms with Crippen LogP contribution in [0, 0.1) is 21.4 Å². The molecule has 0 bridgehead atoms. The zero-order valence-electron chi connectivity index (χ0n) is 13.2. The summed E-state index contributed by atoms with van der Waals surface area (Å²) in [5.74, 6) is -0.188. The van der Waals surface area contributed by atoms with Crippen LogP contribution in [0.4, 0.5) is 11.4 Å². The van der Waals surface area contributed by atoms with Crippen molar-refractivity contribution in [3.05, 3.63) is 40.1 Å². The van der Waals surface area contributed by atoms with Crippen LogP contribution >= 0.6 is 0 Å². The molecule has 0 atom stereocenters. The van der Waals surface area contributed by atoms with Crippen molar-refractivity contribution in [2.45, 2.75) is 31.7 Å². The van der Waals surface area contributed by atoms with E-state index in [1.807, 2.05) is 6.07 Å². The minimum absolute atomic E-state index is 0.0673. The molecule has 1 aromatic carbocycles. The lowest BCUT2D eigenvalue weighted by Crippen LogP contribution is -2.33. The summed E-state index contributed by atoms with van der Waals surface area (Å²) in [4.78, 5) is 22.3. The summed E-state index contributed by atoms with van der Waals surface area (Å²) in [6, 6.07) is 5.99. The largest absolute Gasteiger partial charge is 0.494 e. The fourth-order valence-electron chi connectivity index (χ4n) is 2.54. The Bertz CT molecular complexity index is 703. The third-order valence-electron chi connectivity index (χ3n) is 3.82. The molecule has 0 radical (unpaired) electrons. The number of non-ortho nitro benzene ring substituents is 1. The van der Waals surface area contributed by atoms with Crippen LogP contribution in [0.3, 0.4) is 0 Å². The van der Waals surface area contributed by atoms with E-state index >= 15 is 0 Å². The molecule has 8 nitrogen and oxygen atoms in total. The molecule has 8 heteroatoms. The number of hydrogen-bond donors (Lipinski definition) is 2.